The average molecular weight is 360 g/mol. The number of aliphatic hydroxyl groups excluding tert-OH is 1. The van der Waals surface area contributed by atoms with Crippen molar-refractivity contribution < 1.29 is 32.6 Å². The predicted octanol–water partition coefficient (Wildman–Crippen LogP) is -0.460. The fraction of sp³-hybridized carbons (Fsp3) is 0.429. The van der Waals surface area contributed by atoms with Gasteiger partial charge in [-0.25, -0.2) is 12.8 Å². The summed E-state index contributed by atoms with van der Waals surface area (Å²) < 4.78 is 39.0. The number of sulfonamides is 1. The maximum absolute atomic E-state index is 13.0. The van der Waals surface area contributed by atoms with Crippen molar-refractivity contribution in [1.29, 1.82) is 0 Å². The standard InChI is InChI=1S/C14H17FN2O6S/c15-9-1-3-11(4-2-9)24(22,23)17-8-10(18)7-12(17)14(21)16-6-5-13(19)20/h1-4,10,12,18H,5-8H2,(H,16,21)(H,19,20)/t10-,12+/m0/s1. The number of carbonyl (C=O) groups is 2. The van der Waals surface area contributed by atoms with E-state index in [4.69, 9.17) is 5.11 Å². The molecular weight excluding hydrogens is 343 g/mol. The van der Waals surface area contributed by atoms with Crippen molar-refractivity contribution in [2.75, 3.05) is 13.1 Å². The van der Waals surface area contributed by atoms with Gasteiger partial charge in [-0.05, 0) is 24.3 Å². The van der Waals surface area contributed by atoms with E-state index in [9.17, 15) is 27.5 Å². The summed E-state index contributed by atoms with van der Waals surface area (Å²) >= 11 is 0. The minimum Gasteiger partial charge on any atom is -0.481 e. The number of carboxylic acids is 1. The molecule has 1 amide bonds. The van der Waals surface area contributed by atoms with Gasteiger partial charge in [-0.1, -0.05) is 0 Å². The first kappa shape index (κ1) is 18.3. The summed E-state index contributed by atoms with van der Waals surface area (Å²) in [5.41, 5.74) is 0. The number of amides is 1. The second kappa shape index (κ2) is 7.24. The molecule has 0 spiro atoms. The first-order chi connectivity index (χ1) is 11.2. The molecular formula is C14H17FN2O6S. The van der Waals surface area contributed by atoms with Crippen LogP contribution in [0.2, 0.25) is 0 Å². The zero-order valence-electron chi connectivity index (χ0n) is 12.6. The number of carboxylic acid groups (broad SMARTS) is 1. The van der Waals surface area contributed by atoms with Crippen LogP contribution < -0.4 is 5.32 Å². The molecule has 1 saturated heterocycles. The molecule has 8 nitrogen and oxygen atoms in total. The summed E-state index contributed by atoms with van der Waals surface area (Å²) in [4.78, 5) is 22.4. The van der Waals surface area contributed by atoms with Crippen molar-refractivity contribution in [3.05, 3.63) is 30.1 Å². The van der Waals surface area contributed by atoms with E-state index in [1.165, 1.54) is 0 Å². The lowest BCUT2D eigenvalue weighted by Crippen LogP contribution is -2.46. The monoisotopic (exact) mass is 360 g/mol. The van der Waals surface area contributed by atoms with Crippen LogP contribution >= 0.6 is 0 Å². The summed E-state index contributed by atoms with van der Waals surface area (Å²) in [5.74, 6) is -2.38. The lowest BCUT2D eigenvalue weighted by molar-refractivity contribution is -0.137. The third-order valence-electron chi connectivity index (χ3n) is 3.59. The lowest BCUT2D eigenvalue weighted by Gasteiger charge is -2.23. The van der Waals surface area contributed by atoms with Crippen molar-refractivity contribution in [2.45, 2.75) is 29.9 Å². The third kappa shape index (κ3) is 4.08. The number of rotatable bonds is 6. The van der Waals surface area contributed by atoms with Crippen molar-refractivity contribution >= 4 is 21.9 Å². The molecule has 1 aliphatic rings. The van der Waals surface area contributed by atoms with Crippen LogP contribution in [0.3, 0.4) is 0 Å². The first-order valence-electron chi connectivity index (χ1n) is 7.17. The van der Waals surface area contributed by atoms with Gasteiger partial charge in [-0.2, -0.15) is 4.31 Å². The van der Waals surface area contributed by atoms with E-state index in [0.717, 1.165) is 28.6 Å². The number of aliphatic hydroxyl groups is 1. The van der Waals surface area contributed by atoms with E-state index in [1.807, 2.05) is 0 Å². The van der Waals surface area contributed by atoms with Gasteiger partial charge in [0.15, 0.2) is 0 Å². The van der Waals surface area contributed by atoms with Crippen LogP contribution in [0.1, 0.15) is 12.8 Å². The molecule has 0 aromatic heterocycles. The summed E-state index contributed by atoms with van der Waals surface area (Å²) in [5, 5.41) is 20.6. The van der Waals surface area contributed by atoms with Gasteiger partial charge < -0.3 is 15.5 Å². The molecule has 1 aromatic rings. The number of benzene rings is 1. The molecule has 2 rings (SSSR count). The van der Waals surface area contributed by atoms with Gasteiger partial charge in [-0.3, -0.25) is 9.59 Å². The van der Waals surface area contributed by atoms with Crippen LogP contribution in [-0.2, 0) is 19.6 Å². The molecule has 0 radical (unpaired) electrons. The summed E-state index contributed by atoms with van der Waals surface area (Å²) in [6.07, 6.45) is -1.42. The molecule has 10 heteroatoms. The predicted molar refractivity (Wildman–Crippen MR) is 80.0 cm³/mol. The lowest BCUT2D eigenvalue weighted by atomic mass is 10.2. The van der Waals surface area contributed by atoms with E-state index in [-0.39, 0.29) is 30.8 Å². The smallest absolute Gasteiger partial charge is 0.305 e. The Morgan fingerprint density at radius 2 is 1.92 bits per heavy atom. The SMILES string of the molecule is O=C(O)CCNC(=O)[C@H]1C[C@H](O)CN1S(=O)(=O)c1ccc(F)cc1. The van der Waals surface area contributed by atoms with Crippen molar-refractivity contribution in [2.24, 2.45) is 0 Å². The van der Waals surface area contributed by atoms with E-state index in [0.29, 0.717) is 0 Å². The molecule has 1 aliphatic heterocycles. The Hall–Kier alpha value is -2.04. The highest BCUT2D eigenvalue weighted by Gasteiger charge is 2.43. The second-order valence-electron chi connectivity index (χ2n) is 5.37. The maximum atomic E-state index is 13.0. The Labute approximate surface area is 137 Å². The highest BCUT2D eigenvalue weighted by atomic mass is 32.2. The average Bonchev–Trinajstić information content (AvgIpc) is 2.90. The van der Waals surface area contributed by atoms with Crippen molar-refractivity contribution in [3.63, 3.8) is 0 Å². The van der Waals surface area contributed by atoms with Crippen molar-refractivity contribution in [1.82, 2.24) is 9.62 Å². The summed E-state index contributed by atoms with van der Waals surface area (Å²) in [6.45, 7) is -0.415. The van der Waals surface area contributed by atoms with Gasteiger partial charge in [0.05, 0.1) is 17.4 Å². The van der Waals surface area contributed by atoms with Crippen LogP contribution in [-0.4, -0.2) is 60.0 Å². The van der Waals surface area contributed by atoms with Gasteiger partial charge in [0.2, 0.25) is 15.9 Å². The number of β-amino-alcohol motifs (C(OH)–C–C–N with tert-alkyl or cyclic N) is 1. The summed E-state index contributed by atoms with van der Waals surface area (Å²) in [7, 11) is -4.09. The maximum Gasteiger partial charge on any atom is 0.305 e. The Bertz CT molecular complexity index is 721. The van der Waals surface area contributed by atoms with Crippen LogP contribution in [0.25, 0.3) is 0 Å². The molecule has 132 valence electrons. The van der Waals surface area contributed by atoms with Crippen LogP contribution in [0, 0.1) is 5.82 Å². The number of carbonyl (C=O) groups excluding carboxylic acids is 1. The molecule has 24 heavy (non-hydrogen) atoms. The highest BCUT2D eigenvalue weighted by Crippen LogP contribution is 2.26. The fourth-order valence-electron chi connectivity index (χ4n) is 2.44. The fourth-order valence-corrected chi connectivity index (χ4v) is 4.08. The van der Waals surface area contributed by atoms with Gasteiger partial charge in [0, 0.05) is 19.5 Å². The van der Waals surface area contributed by atoms with E-state index in [2.05, 4.69) is 5.32 Å². The Balaban J connectivity index is 2.18. The number of nitrogens with one attached hydrogen (secondary N) is 1. The molecule has 3 N–H and O–H groups in total. The van der Waals surface area contributed by atoms with Crippen LogP contribution in [0.5, 0.6) is 0 Å². The summed E-state index contributed by atoms with van der Waals surface area (Å²) in [6, 6.07) is 2.98. The molecule has 0 aliphatic carbocycles. The van der Waals surface area contributed by atoms with Gasteiger partial charge >= 0.3 is 5.97 Å². The Morgan fingerprint density at radius 1 is 1.29 bits per heavy atom. The number of nitrogens with zero attached hydrogens (tertiary/aromatic N) is 1. The van der Waals surface area contributed by atoms with E-state index >= 15 is 0 Å². The molecule has 0 bridgehead atoms. The number of hydrogen-bond donors (Lipinski definition) is 3. The molecule has 1 fully saturated rings. The minimum atomic E-state index is -4.09. The largest absolute Gasteiger partial charge is 0.481 e. The topological polar surface area (TPSA) is 124 Å². The normalized spacial score (nSPS) is 21.6. The molecule has 0 saturated carbocycles. The number of hydrogen-bond acceptors (Lipinski definition) is 5. The zero-order valence-corrected chi connectivity index (χ0v) is 13.4. The van der Waals surface area contributed by atoms with E-state index < -0.39 is 39.9 Å². The Kier molecular flexibility index (Phi) is 5.52. The Morgan fingerprint density at radius 3 is 2.50 bits per heavy atom. The molecule has 1 aromatic carbocycles. The minimum absolute atomic E-state index is 0.0979. The molecule has 2 atom stereocenters. The third-order valence-corrected chi connectivity index (χ3v) is 5.48. The first-order valence-corrected chi connectivity index (χ1v) is 8.61. The quantitative estimate of drug-likeness (QED) is 0.631. The van der Waals surface area contributed by atoms with Crippen molar-refractivity contribution in [3.8, 4) is 0 Å². The molecule has 1 heterocycles. The van der Waals surface area contributed by atoms with Gasteiger partial charge in [-0.15, -0.1) is 0 Å². The number of aliphatic carboxylic acids is 1. The second-order valence-corrected chi connectivity index (χ2v) is 7.26. The van der Waals surface area contributed by atoms with E-state index in [1.54, 1.807) is 0 Å². The zero-order chi connectivity index (χ0) is 17.9. The van der Waals surface area contributed by atoms with Crippen LogP contribution in [0.4, 0.5) is 4.39 Å². The molecule has 0 unspecified atom stereocenters. The van der Waals surface area contributed by atoms with Gasteiger partial charge in [0.25, 0.3) is 0 Å². The number of halogens is 1. The van der Waals surface area contributed by atoms with Crippen LogP contribution in [0.15, 0.2) is 29.2 Å². The highest BCUT2D eigenvalue weighted by molar-refractivity contribution is 7.89. The van der Waals surface area contributed by atoms with Gasteiger partial charge in [0.1, 0.15) is 11.9 Å².